The molecule has 20 heavy (non-hydrogen) atoms. The van der Waals surface area contributed by atoms with E-state index in [9.17, 15) is 4.79 Å². The minimum Gasteiger partial charge on any atom is -0.481 e. The molecule has 2 aromatic carbocycles. The Morgan fingerprint density at radius 1 is 1.05 bits per heavy atom. The number of carbonyl (C=O) groups excluding carboxylic acids is 1. The summed E-state index contributed by atoms with van der Waals surface area (Å²) in [7, 11) is 0. The number of hydrogen-bond acceptors (Lipinski definition) is 2. The lowest BCUT2D eigenvalue weighted by molar-refractivity contribution is -0.123. The van der Waals surface area contributed by atoms with Gasteiger partial charge in [0.1, 0.15) is 5.75 Å². The third-order valence-corrected chi connectivity index (χ3v) is 2.84. The number of hydrogen-bond donors (Lipinski definition) is 1. The number of rotatable bonds is 5. The van der Waals surface area contributed by atoms with Crippen molar-refractivity contribution in [3.05, 3.63) is 65.7 Å². The molecule has 1 atom stereocenters. The van der Waals surface area contributed by atoms with Crippen LogP contribution in [0.2, 0.25) is 0 Å². The first-order valence-corrected chi connectivity index (χ1v) is 6.44. The molecule has 2 rings (SSSR count). The SMILES string of the molecule is CC(Oc1cccc(C=Cc2ccccc2)c1)C(N)=O. The predicted molar refractivity (Wildman–Crippen MR) is 81.1 cm³/mol. The van der Waals surface area contributed by atoms with Crippen LogP contribution in [0.4, 0.5) is 0 Å². The molecule has 2 aromatic rings. The third-order valence-electron chi connectivity index (χ3n) is 2.84. The van der Waals surface area contributed by atoms with Crippen molar-refractivity contribution in [2.24, 2.45) is 5.73 Å². The fraction of sp³-hybridized carbons (Fsp3) is 0.118. The van der Waals surface area contributed by atoms with E-state index in [0.29, 0.717) is 5.75 Å². The van der Waals surface area contributed by atoms with E-state index in [2.05, 4.69) is 0 Å². The molecule has 0 spiro atoms. The van der Waals surface area contributed by atoms with Gasteiger partial charge in [-0.15, -0.1) is 0 Å². The number of nitrogens with two attached hydrogens (primary N) is 1. The fourth-order valence-electron chi connectivity index (χ4n) is 1.71. The van der Waals surface area contributed by atoms with Gasteiger partial charge >= 0.3 is 0 Å². The van der Waals surface area contributed by atoms with E-state index in [-0.39, 0.29) is 0 Å². The van der Waals surface area contributed by atoms with Crippen molar-refractivity contribution < 1.29 is 9.53 Å². The zero-order chi connectivity index (χ0) is 14.4. The Bertz CT molecular complexity index is 605. The maximum atomic E-state index is 11.0. The number of benzene rings is 2. The van der Waals surface area contributed by atoms with Gasteiger partial charge in [-0.05, 0) is 30.2 Å². The average molecular weight is 267 g/mol. The maximum Gasteiger partial charge on any atom is 0.258 e. The van der Waals surface area contributed by atoms with Crippen molar-refractivity contribution >= 4 is 18.1 Å². The molecular formula is C17H17NO2. The van der Waals surface area contributed by atoms with E-state index in [0.717, 1.165) is 11.1 Å². The zero-order valence-corrected chi connectivity index (χ0v) is 11.3. The van der Waals surface area contributed by atoms with Gasteiger partial charge in [0.15, 0.2) is 6.10 Å². The van der Waals surface area contributed by atoms with Crippen molar-refractivity contribution in [2.75, 3.05) is 0 Å². The normalized spacial score (nSPS) is 12.2. The van der Waals surface area contributed by atoms with Crippen LogP contribution < -0.4 is 10.5 Å². The van der Waals surface area contributed by atoms with Gasteiger partial charge in [-0.1, -0.05) is 54.6 Å². The molecule has 0 aliphatic carbocycles. The molecule has 2 N–H and O–H groups in total. The quantitative estimate of drug-likeness (QED) is 0.846. The van der Waals surface area contributed by atoms with Crippen LogP contribution in [0.25, 0.3) is 12.2 Å². The monoisotopic (exact) mass is 267 g/mol. The summed E-state index contributed by atoms with van der Waals surface area (Å²) >= 11 is 0. The highest BCUT2D eigenvalue weighted by molar-refractivity contribution is 5.78. The van der Waals surface area contributed by atoms with Crippen LogP contribution in [0.3, 0.4) is 0 Å². The van der Waals surface area contributed by atoms with Gasteiger partial charge in [0.25, 0.3) is 5.91 Å². The summed E-state index contributed by atoms with van der Waals surface area (Å²) in [6.45, 7) is 1.63. The van der Waals surface area contributed by atoms with Crippen molar-refractivity contribution in [3.63, 3.8) is 0 Å². The molecule has 3 nitrogen and oxygen atoms in total. The Balaban J connectivity index is 2.10. The van der Waals surface area contributed by atoms with Gasteiger partial charge < -0.3 is 10.5 Å². The number of amides is 1. The van der Waals surface area contributed by atoms with E-state index in [1.807, 2.05) is 60.7 Å². The Morgan fingerprint density at radius 3 is 2.40 bits per heavy atom. The van der Waals surface area contributed by atoms with Gasteiger partial charge in [0, 0.05) is 0 Å². The lowest BCUT2D eigenvalue weighted by atomic mass is 10.1. The smallest absolute Gasteiger partial charge is 0.258 e. The van der Waals surface area contributed by atoms with Crippen molar-refractivity contribution in [3.8, 4) is 5.75 Å². The average Bonchev–Trinajstić information content (AvgIpc) is 2.46. The maximum absolute atomic E-state index is 11.0. The summed E-state index contributed by atoms with van der Waals surface area (Å²) in [6, 6.07) is 17.6. The van der Waals surface area contributed by atoms with Gasteiger partial charge in [0.2, 0.25) is 0 Å². The largest absolute Gasteiger partial charge is 0.481 e. The predicted octanol–water partition coefficient (Wildman–Crippen LogP) is 3.11. The van der Waals surface area contributed by atoms with E-state index >= 15 is 0 Å². The van der Waals surface area contributed by atoms with Crippen LogP contribution in [0.15, 0.2) is 54.6 Å². The molecule has 0 radical (unpaired) electrons. The summed E-state index contributed by atoms with van der Waals surface area (Å²) in [6.07, 6.45) is 3.39. The van der Waals surface area contributed by atoms with Crippen molar-refractivity contribution in [1.82, 2.24) is 0 Å². The molecule has 1 amide bonds. The standard InChI is InChI=1S/C17H17NO2/c1-13(17(18)19)20-16-9-5-8-15(12-16)11-10-14-6-3-2-4-7-14/h2-13H,1H3,(H2,18,19). The molecule has 1 unspecified atom stereocenters. The van der Waals surface area contributed by atoms with E-state index in [4.69, 9.17) is 10.5 Å². The molecule has 0 aliphatic rings. The highest BCUT2D eigenvalue weighted by atomic mass is 16.5. The topological polar surface area (TPSA) is 52.3 Å². The Kier molecular flexibility index (Phi) is 4.56. The molecule has 0 saturated heterocycles. The Morgan fingerprint density at radius 2 is 1.70 bits per heavy atom. The lowest BCUT2D eigenvalue weighted by Gasteiger charge is -2.11. The molecule has 0 heterocycles. The minimum atomic E-state index is -0.636. The first-order valence-electron chi connectivity index (χ1n) is 6.44. The molecule has 102 valence electrons. The summed E-state index contributed by atoms with van der Waals surface area (Å²) in [4.78, 5) is 11.0. The second-order valence-corrected chi connectivity index (χ2v) is 4.48. The van der Waals surface area contributed by atoms with Crippen LogP contribution in [0.5, 0.6) is 5.75 Å². The Labute approximate surface area is 118 Å². The van der Waals surface area contributed by atoms with Crippen LogP contribution in [0.1, 0.15) is 18.1 Å². The number of ether oxygens (including phenoxy) is 1. The molecule has 0 aliphatic heterocycles. The summed E-state index contributed by atoms with van der Waals surface area (Å²) in [5, 5.41) is 0. The molecule has 0 saturated carbocycles. The minimum absolute atomic E-state index is 0.477. The van der Waals surface area contributed by atoms with Crippen LogP contribution in [-0.4, -0.2) is 12.0 Å². The second-order valence-electron chi connectivity index (χ2n) is 4.48. The van der Waals surface area contributed by atoms with E-state index in [1.54, 1.807) is 13.0 Å². The summed E-state index contributed by atoms with van der Waals surface area (Å²) < 4.78 is 5.46. The van der Waals surface area contributed by atoms with Gasteiger partial charge in [-0.25, -0.2) is 0 Å². The lowest BCUT2D eigenvalue weighted by Crippen LogP contribution is -2.30. The fourth-order valence-corrected chi connectivity index (χ4v) is 1.71. The Hall–Kier alpha value is -2.55. The highest BCUT2D eigenvalue weighted by Gasteiger charge is 2.09. The van der Waals surface area contributed by atoms with E-state index in [1.165, 1.54) is 0 Å². The molecule has 0 aromatic heterocycles. The summed E-state index contributed by atoms with van der Waals surface area (Å²) in [5.41, 5.74) is 7.31. The van der Waals surface area contributed by atoms with E-state index < -0.39 is 12.0 Å². The second kappa shape index (κ2) is 6.57. The third kappa shape index (κ3) is 3.99. The molecular weight excluding hydrogens is 250 g/mol. The van der Waals surface area contributed by atoms with Crippen molar-refractivity contribution in [2.45, 2.75) is 13.0 Å². The molecule has 0 fully saturated rings. The van der Waals surface area contributed by atoms with Gasteiger partial charge in [0.05, 0.1) is 0 Å². The van der Waals surface area contributed by atoms with Crippen LogP contribution in [-0.2, 0) is 4.79 Å². The molecule has 3 heteroatoms. The first kappa shape index (κ1) is 13.9. The number of primary amides is 1. The van der Waals surface area contributed by atoms with Gasteiger partial charge in [-0.2, -0.15) is 0 Å². The molecule has 0 bridgehead atoms. The number of carbonyl (C=O) groups is 1. The van der Waals surface area contributed by atoms with Gasteiger partial charge in [-0.3, -0.25) is 4.79 Å². The highest BCUT2D eigenvalue weighted by Crippen LogP contribution is 2.17. The van der Waals surface area contributed by atoms with Crippen LogP contribution in [0, 0.1) is 0 Å². The van der Waals surface area contributed by atoms with Crippen molar-refractivity contribution in [1.29, 1.82) is 0 Å². The zero-order valence-electron chi connectivity index (χ0n) is 11.3. The first-order chi connectivity index (χ1) is 9.65. The van der Waals surface area contributed by atoms with Crippen LogP contribution >= 0.6 is 0 Å². The summed E-state index contributed by atoms with van der Waals surface area (Å²) in [5.74, 6) is 0.154.